The van der Waals surface area contributed by atoms with E-state index in [1.807, 2.05) is 0 Å². The molecule has 92 valence electrons. The zero-order valence-corrected chi connectivity index (χ0v) is 11.1. The Labute approximate surface area is 112 Å². The van der Waals surface area contributed by atoms with E-state index < -0.39 is 0 Å². The number of hydrogen-bond donors (Lipinski definition) is 1. The predicted octanol–water partition coefficient (Wildman–Crippen LogP) is 3.27. The predicted molar refractivity (Wildman–Crippen MR) is 70.4 cm³/mol. The molecule has 0 bridgehead atoms. The molecule has 2 N–H and O–H groups in total. The molecule has 0 atom stereocenters. The lowest BCUT2D eigenvalue weighted by Crippen LogP contribution is -2.08. The van der Waals surface area contributed by atoms with E-state index in [0.29, 0.717) is 36.7 Å². The van der Waals surface area contributed by atoms with Crippen LogP contribution < -0.4 is 5.73 Å². The van der Waals surface area contributed by atoms with E-state index >= 15 is 0 Å². The summed E-state index contributed by atoms with van der Waals surface area (Å²) in [6.07, 6.45) is 1.16. The normalized spacial score (nSPS) is 10.0. The minimum atomic E-state index is -0.215. The lowest BCUT2D eigenvalue weighted by molar-refractivity contribution is 0.607. The fourth-order valence-corrected chi connectivity index (χ4v) is 2.05. The second-order valence-electron chi connectivity index (χ2n) is 3.25. The van der Waals surface area contributed by atoms with Crippen LogP contribution in [0.5, 0.6) is 0 Å². The van der Waals surface area contributed by atoms with Crippen LogP contribution in [0.2, 0.25) is 0 Å². The molecule has 0 amide bonds. The zero-order chi connectivity index (χ0) is 11.3. The highest BCUT2D eigenvalue weighted by Crippen LogP contribution is 2.20. The minimum absolute atomic E-state index is 0. The molecule has 0 aliphatic carbocycles. The first-order valence-corrected chi connectivity index (χ1v) is 5.92. The molecule has 1 aromatic carbocycles. The van der Waals surface area contributed by atoms with E-state index in [4.69, 9.17) is 28.9 Å². The highest BCUT2D eigenvalue weighted by molar-refractivity contribution is 6.18. The summed E-state index contributed by atoms with van der Waals surface area (Å²) in [4.78, 5) is 0. The van der Waals surface area contributed by atoms with Crippen molar-refractivity contribution >= 4 is 35.6 Å². The Morgan fingerprint density at radius 3 is 2.12 bits per heavy atom. The molecule has 0 saturated carbocycles. The van der Waals surface area contributed by atoms with Gasteiger partial charge < -0.3 is 5.73 Å². The van der Waals surface area contributed by atoms with Crippen LogP contribution in [-0.2, 0) is 19.4 Å². The lowest BCUT2D eigenvalue weighted by Gasteiger charge is -2.13. The molecule has 0 aliphatic heterocycles. The SMILES string of the molecule is Cl.NCc1ccc(F)c(CCCl)c1CCCl. The van der Waals surface area contributed by atoms with Crippen molar-refractivity contribution in [1.82, 2.24) is 0 Å². The van der Waals surface area contributed by atoms with Crippen molar-refractivity contribution in [3.8, 4) is 0 Å². The van der Waals surface area contributed by atoms with E-state index in [0.717, 1.165) is 11.1 Å². The van der Waals surface area contributed by atoms with E-state index in [2.05, 4.69) is 0 Å². The fourth-order valence-electron chi connectivity index (χ4n) is 1.67. The molecule has 0 radical (unpaired) electrons. The minimum Gasteiger partial charge on any atom is -0.326 e. The van der Waals surface area contributed by atoms with Crippen molar-refractivity contribution in [2.45, 2.75) is 19.4 Å². The number of hydrogen-bond acceptors (Lipinski definition) is 1. The first kappa shape index (κ1) is 16.0. The van der Waals surface area contributed by atoms with Crippen molar-refractivity contribution < 1.29 is 4.39 Å². The molecule has 1 nitrogen and oxygen atoms in total. The summed E-state index contributed by atoms with van der Waals surface area (Å²) < 4.78 is 13.5. The van der Waals surface area contributed by atoms with Crippen molar-refractivity contribution in [1.29, 1.82) is 0 Å². The van der Waals surface area contributed by atoms with Crippen LogP contribution in [0.3, 0.4) is 0 Å². The maximum atomic E-state index is 13.5. The highest BCUT2D eigenvalue weighted by Gasteiger charge is 2.11. The highest BCUT2D eigenvalue weighted by atomic mass is 35.5. The molecular weight excluding hydrogens is 271 g/mol. The summed E-state index contributed by atoms with van der Waals surface area (Å²) in [5.74, 6) is 0.652. The van der Waals surface area contributed by atoms with Gasteiger partial charge in [-0.3, -0.25) is 0 Å². The fraction of sp³-hybridized carbons (Fsp3) is 0.455. The molecule has 0 spiro atoms. The van der Waals surface area contributed by atoms with Gasteiger partial charge in [0.2, 0.25) is 0 Å². The van der Waals surface area contributed by atoms with E-state index in [-0.39, 0.29) is 18.2 Å². The van der Waals surface area contributed by atoms with E-state index in [9.17, 15) is 4.39 Å². The average molecular weight is 287 g/mol. The van der Waals surface area contributed by atoms with E-state index in [1.54, 1.807) is 6.07 Å². The first-order valence-electron chi connectivity index (χ1n) is 4.85. The lowest BCUT2D eigenvalue weighted by atomic mass is 9.96. The van der Waals surface area contributed by atoms with Gasteiger partial charge in [0.15, 0.2) is 0 Å². The van der Waals surface area contributed by atoms with Crippen LogP contribution in [-0.4, -0.2) is 11.8 Å². The summed E-state index contributed by atoms with van der Waals surface area (Å²) in [6, 6.07) is 3.16. The second kappa shape index (κ2) is 8.13. The van der Waals surface area contributed by atoms with Crippen LogP contribution in [0.25, 0.3) is 0 Å². The number of alkyl halides is 2. The van der Waals surface area contributed by atoms with Crippen molar-refractivity contribution in [3.05, 3.63) is 34.6 Å². The van der Waals surface area contributed by atoms with Crippen LogP contribution >= 0.6 is 35.6 Å². The molecular formula is C11H15Cl3FN. The number of halogens is 4. The van der Waals surface area contributed by atoms with Gasteiger partial charge in [-0.15, -0.1) is 35.6 Å². The second-order valence-corrected chi connectivity index (χ2v) is 4.00. The monoisotopic (exact) mass is 285 g/mol. The van der Waals surface area contributed by atoms with E-state index in [1.165, 1.54) is 6.07 Å². The number of benzene rings is 1. The summed E-state index contributed by atoms with van der Waals surface area (Å²) in [7, 11) is 0. The summed E-state index contributed by atoms with van der Waals surface area (Å²) in [6.45, 7) is 0.405. The van der Waals surface area contributed by atoms with Crippen LogP contribution in [0.1, 0.15) is 16.7 Å². The molecule has 16 heavy (non-hydrogen) atoms. The Morgan fingerprint density at radius 2 is 1.62 bits per heavy atom. The van der Waals surface area contributed by atoms with Gasteiger partial charge >= 0.3 is 0 Å². The largest absolute Gasteiger partial charge is 0.326 e. The number of nitrogens with two attached hydrogens (primary N) is 1. The molecule has 0 saturated heterocycles. The average Bonchev–Trinajstić information content (AvgIpc) is 2.24. The third-order valence-corrected chi connectivity index (χ3v) is 2.76. The third-order valence-electron chi connectivity index (χ3n) is 2.38. The molecule has 0 heterocycles. The summed E-state index contributed by atoms with van der Waals surface area (Å²) in [5.41, 5.74) is 8.14. The van der Waals surface area contributed by atoms with Gasteiger partial charge in [-0.1, -0.05) is 6.07 Å². The standard InChI is InChI=1S/C11H14Cl2FN.ClH/c12-5-3-9-8(7-15)1-2-11(14)10(9)4-6-13;/h1-2H,3-7,15H2;1H. The maximum Gasteiger partial charge on any atom is 0.126 e. The van der Waals surface area contributed by atoms with Gasteiger partial charge in [0.05, 0.1) is 0 Å². The van der Waals surface area contributed by atoms with Gasteiger partial charge in [-0.05, 0) is 35.6 Å². The van der Waals surface area contributed by atoms with Gasteiger partial charge in [0, 0.05) is 18.3 Å². The Hall–Kier alpha value is -0.0200. The topological polar surface area (TPSA) is 26.0 Å². The van der Waals surface area contributed by atoms with Crippen molar-refractivity contribution in [3.63, 3.8) is 0 Å². The molecule has 0 unspecified atom stereocenters. The van der Waals surface area contributed by atoms with Crippen molar-refractivity contribution in [2.24, 2.45) is 5.73 Å². The van der Waals surface area contributed by atoms with Crippen LogP contribution in [0, 0.1) is 5.82 Å². The molecule has 0 aromatic heterocycles. The Balaban J connectivity index is 0.00000225. The Morgan fingerprint density at radius 1 is 1.06 bits per heavy atom. The van der Waals surface area contributed by atoms with Gasteiger partial charge in [0.25, 0.3) is 0 Å². The Kier molecular flexibility index (Phi) is 8.12. The number of rotatable bonds is 5. The molecule has 1 aromatic rings. The third kappa shape index (κ3) is 3.77. The first-order chi connectivity index (χ1) is 7.24. The molecule has 5 heteroatoms. The molecule has 0 fully saturated rings. The van der Waals surface area contributed by atoms with Crippen LogP contribution in [0.15, 0.2) is 12.1 Å². The zero-order valence-electron chi connectivity index (χ0n) is 8.81. The van der Waals surface area contributed by atoms with Gasteiger partial charge in [-0.2, -0.15) is 0 Å². The molecule has 1 rings (SSSR count). The van der Waals surface area contributed by atoms with Gasteiger partial charge in [-0.25, -0.2) is 4.39 Å². The van der Waals surface area contributed by atoms with Gasteiger partial charge in [0.1, 0.15) is 5.82 Å². The summed E-state index contributed by atoms with van der Waals surface area (Å²) >= 11 is 11.3. The van der Waals surface area contributed by atoms with Crippen LogP contribution in [0.4, 0.5) is 4.39 Å². The van der Waals surface area contributed by atoms with Crippen molar-refractivity contribution in [2.75, 3.05) is 11.8 Å². The smallest absolute Gasteiger partial charge is 0.126 e. The Bertz CT molecular complexity index is 331. The summed E-state index contributed by atoms with van der Waals surface area (Å²) in [5, 5.41) is 0. The maximum absolute atomic E-state index is 13.5. The molecule has 0 aliphatic rings. The quantitative estimate of drug-likeness (QED) is 0.826.